The van der Waals surface area contributed by atoms with Gasteiger partial charge in [-0.2, -0.15) is 4.98 Å². The Morgan fingerprint density at radius 1 is 1.35 bits per heavy atom. The predicted molar refractivity (Wildman–Crippen MR) is 60.7 cm³/mol. The summed E-state index contributed by atoms with van der Waals surface area (Å²) in [5.41, 5.74) is 6.90. The first kappa shape index (κ1) is 9.83. The third-order valence-electron chi connectivity index (χ3n) is 2.50. The van der Waals surface area contributed by atoms with Crippen molar-refractivity contribution in [3.63, 3.8) is 0 Å². The fourth-order valence-corrected chi connectivity index (χ4v) is 1.69. The van der Waals surface area contributed by atoms with Gasteiger partial charge in [-0.25, -0.2) is 4.39 Å². The fourth-order valence-electron chi connectivity index (χ4n) is 1.69. The van der Waals surface area contributed by atoms with E-state index in [2.05, 4.69) is 15.1 Å². The summed E-state index contributed by atoms with van der Waals surface area (Å²) in [4.78, 5) is 7.09. The number of aryl methyl sites for hydroxylation is 1. The Bertz CT molecular complexity index is 662. The molecule has 0 saturated heterocycles. The number of nitrogens with two attached hydrogens (primary N) is 1. The molecule has 86 valence electrons. The van der Waals surface area contributed by atoms with Crippen LogP contribution in [-0.4, -0.2) is 15.1 Å². The number of nitrogens with one attached hydrogen (secondary N) is 1. The second-order valence-electron chi connectivity index (χ2n) is 3.79. The summed E-state index contributed by atoms with van der Waals surface area (Å²) in [6.07, 6.45) is 0. The molecule has 5 nitrogen and oxygen atoms in total. The Hall–Kier alpha value is -2.37. The molecule has 17 heavy (non-hydrogen) atoms. The van der Waals surface area contributed by atoms with Crippen LogP contribution >= 0.6 is 0 Å². The van der Waals surface area contributed by atoms with Gasteiger partial charge in [-0.3, -0.25) is 0 Å². The maximum Gasteiger partial charge on any atom is 0.274 e. The highest BCUT2D eigenvalue weighted by atomic mass is 19.1. The molecule has 0 spiro atoms. The molecule has 3 aromatic rings. The van der Waals surface area contributed by atoms with E-state index < -0.39 is 5.82 Å². The van der Waals surface area contributed by atoms with E-state index in [-0.39, 0.29) is 5.69 Å². The summed E-state index contributed by atoms with van der Waals surface area (Å²) in [5, 5.41) is 4.49. The lowest BCUT2D eigenvalue weighted by molar-refractivity contribution is 0.424. The highest BCUT2D eigenvalue weighted by Gasteiger charge is 2.11. The monoisotopic (exact) mass is 232 g/mol. The number of aromatic amines is 1. The Balaban J connectivity index is 2.19. The number of benzene rings is 1. The van der Waals surface area contributed by atoms with Crippen LogP contribution in [0.25, 0.3) is 22.5 Å². The van der Waals surface area contributed by atoms with E-state index in [1.807, 2.05) is 0 Å². The zero-order valence-corrected chi connectivity index (χ0v) is 8.99. The van der Waals surface area contributed by atoms with E-state index in [4.69, 9.17) is 10.3 Å². The van der Waals surface area contributed by atoms with Crippen LogP contribution in [-0.2, 0) is 0 Å². The van der Waals surface area contributed by atoms with Crippen LogP contribution in [0.3, 0.4) is 0 Å². The van der Waals surface area contributed by atoms with Gasteiger partial charge >= 0.3 is 0 Å². The van der Waals surface area contributed by atoms with Crippen molar-refractivity contribution in [1.82, 2.24) is 15.1 Å². The Kier molecular flexibility index (Phi) is 1.91. The molecule has 0 bridgehead atoms. The average Bonchev–Trinajstić information content (AvgIpc) is 2.85. The lowest BCUT2D eigenvalue weighted by Gasteiger charge is -1.95. The van der Waals surface area contributed by atoms with Crippen molar-refractivity contribution in [3.05, 3.63) is 29.8 Å². The van der Waals surface area contributed by atoms with E-state index >= 15 is 0 Å². The Morgan fingerprint density at radius 3 is 2.88 bits per heavy atom. The van der Waals surface area contributed by atoms with Gasteiger partial charge in [0, 0.05) is 17.0 Å². The molecule has 0 saturated carbocycles. The maximum absolute atomic E-state index is 13.3. The van der Waals surface area contributed by atoms with E-state index in [1.54, 1.807) is 19.1 Å². The second-order valence-corrected chi connectivity index (χ2v) is 3.79. The molecule has 6 heteroatoms. The van der Waals surface area contributed by atoms with E-state index in [1.165, 1.54) is 6.07 Å². The van der Waals surface area contributed by atoms with Crippen molar-refractivity contribution in [2.24, 2.45) is 0 Å². The van der Waals surface area contributed by atoms with Crippen LogP contribution < -0.4 is 5.73 Å². The number of anilines is 1. The van der Waals surface area contributed by atoms with Gasteiger partial charge in [0.15, 0.2) is 5.82 Å². The summed E-state index contributed by atoms with van der Waals surface area (Å²) in [7, 11) is 0. The number of nitrogen functional groups attached to an aromatic ring is 1. The summed E-state index contributed by atoms with van der Waals surface area (Å²) in [6, 6.07) is 4.70. The Labute approximate surface area is 95.4 Å². The zero-order valence-electron chi connectivity index (χ0n) is 8.99. The first-order valence-corrected chi connectivity index (χ1v) is 5.02. The fraction of sp³-hybridized carbons (Fsp3) is 0.0909. The highest BCUT2D eigenvalue weighted by molar-refractivity contribution is 5.87. The molecule has 1 aromatic carbocycles. The lowest BCUT2D eigenvalue weighted by atomic mass is 10.2. The van der Waals surface area contributed by atoms with Crippen molar-refractivity contribution in [2.45, 2.75) is 6.92 Å². The minimum absolute atomic E-state index is 0.116. The number of rotatable bonds is 1. The van der Waals surface area contributed by atoms with Gasteiger partial charge in [-0.05, 0) is 19.1 Å². The van der Waals surface area contributed by atoms with Gasteiger partial charge in [0.1, 0.15) is 11.5 Å². The number of halogens is 1. The molecule has 0 radical (unpaired) electrons. The molecule has 0 aliphatic carbocycles. The number of hydrogen-bond acceptors (Lipinski definition) is 4. The van der Waals surface area contributed by atoms with Crippen LogP contribution in [0.1, 0.15) is 5.82 Å². The third-order valence-corrected chi connectivity index (χ3v) is 2.50. The minimum Gasteiger partial charge on any atom is -0.396 e. The second kappa shape index (κ2) is 3.31. The van der Waals surface area contributed by atoms with Crippen molar-refractivity contribution < 1.29 is 8.91 Å². The summed E-state index contributed by atoms with van der Waals surface area (Å²) in [6.45, 7) is 1.73. The van der Waals surface area contributed by atoms with Crippen LogP contribution in [0, 0.1) is 12.7 Å². The Morgan fingerprint density at radius 2 is 2.18 bits per heavy atom. The number of hydrogen-bond donors (Lipinski definition) is 2. The number of fused-ring (bicyclic) bond motifs is 1. The van der Waals surface area contributed by atoms with E-state index in [0.717, 1.165) is 5.39 Å². The molecule has 0 unspecified atom stereocenters. The molecule has 0 aliphatic heterocycles. The molecule has 2 heterocycles. The molecule has 3 N–H and O–H groups in total. The summed E-state index contributed by atoms with van der Waals surface area (Å²) in [5.74, 6) is 0.467. The van der Waals surface area contributed by atoms with Crippen molar-refractivity contribution in [3.8, 4) is 11.6 Å². The summed E-state index contributed by atoms with van der Waals surface area (Å²) >= 11 is 0. The molecule has 0 fully saturated rings. The van der Waals surface area contributed by atoms with Gasteiger partial charge < -0.3 is 15.2 Å². The lowest BCUT2D eigenvalue weighted by Crippen LogP contribution is -1.88. The highest BCUT2D eigenvalue weighted by Crippen LogP contribution is 2.26. The van der Waals surface area contributed by atoms with Crippen LogP contribution in [0.4, 0.5) is 10.1 Å². The standard InChI is InChI=1S/C11H9FN4O/c1-5-14-11(17-16-5)10-3-6-2-8(13)7(12)4-9(6)15-10/h2-4,15H,13H2,1H3. The normalized spacial score (nSPS) is 11.2. The van der Waals surface area contributed by atoms with Gasteiger partial charge in [-0.1, -0.05) is 5.16 Å². The quantitative estimate of drug-likeness (QED) is 0.630. The maximum atomic E-state index is 13.3. The molecule has 0 amide bonds. The molecule has 3 rings (SSSR count). The van der Waals surface area contributed by atoms with E-state index in [9.17, 15) is 4.39 Å². The molecular formula is C11H9FN4O. The van der Waals surface area contributed by atoms with Crippen molar-refractivity contribution in [2.75, 3.05) is 5.73 Å². The SMILES string of the molecule is Cc1noc(-c2cc3cc(N)c(F)cc3[nH]2)n1. The molecular weight excluding hydrogens is 223 g/mol. The molecule has 0 aliphatic rings. The van der Waals surface area contributed by atoms with Crippen molar-refractivity contribution in [1.29, 1.82) is 0 Å². The van der Waals surface area contributed by atoms with Crippen LogP contribution in [0.2, 0.25) is 0 Å². The van der Waals surface area contributed by atoms with Crippen LogP contribution in [0.15, 0.2) is 22.7 Å². The van der Waals surface area contributed by atoms with E-state index in [0.29, 0.717) is 22.9 Å². The molecule has 0 atom stereocenters. The van der Waals surface area contributed by atoms with Gasteiger partial charge in [-0.15, -0.1) is 0 Å². The minimum atomic E-state index is -0.451. The van der Waals surface area contributed by atoms with Crippen molar-refractivity contribution >= 4 is 16.6 Å². The predicted octanol–water partition coefficient (Wildman–Crippen LogP) is 2.25. The number of aromatic nitrogens is 3. The smallest absolute Gasteiger partial charge is 0.274 e. The van der Waals surface area contributed by atoms with Crippen LogP contribution in [0.5, 0.6) is 0 Å². The van der Waals surface area contributed by atoms with Gasteiger partial charge in [0.05, 0.1) is 5.69 Å². The first-order chi connectivity index (χ1) is 8.13. The van der Waals surface area contributed by atoms with Gasteiger partial charge in [0.2, 0.25) is 0 Å². The zero-order chi connectivity index (χ0) is 12.0. The number of H-pyrrole nitrogens is 1. The summed E-state index contributed by atoms with van der Waals surface area (Å²) < 4.78 is 18.3. The first-order valence-electron chi connectivity index (χ1n) is 5.02. The molecule has 2 aromatic heterocycles. The largest absolute Gasteiger partial charge is 0.396 e. The average molecular weight is 232 g/mol. The topological polar surface area (TPSA) is 80.7 Å². The third kappa shape index (κ3) is 1.54. The number of nitrogens with zero attached hydrogens (tertiary/aromatic N) is 2. The van der Waals surface area contributed by atoms with Gasteiger partial charge in [0.25, 0.3) is 5.89 Å².